The Labute approximate surface area is 194 Å². The van der Waals surface area contributed by atoms with Crippen LogP contribution < -0.4 is 5.32 Å². The number of aromatic amines is 2. The van der Waals surface area contributed by atoms with Gasteiger partial charge in [-0.15, -0.1) is 0 Å². The third-order valence-electron chi connectivity index (χ3n) is 6.82. The number of para-hydroxylation sites is 1. The Morgan fingerprint density at radius 1 is 0.939 bits per heavy atom. The maximum Gasteiger partial charge on any atom is 0.130 e. The van der Waals surface area contributed by atoms with Crippen LogP contribution in [0.15, 0.2) is 73.2 Å². The van der Waals surface area contributed by atoms with Crippen molar-refractivity contribution in [3.63, 3.8) is 0 Å². The molecule has 3 aromatic heterocycles. The molecular weight excluding hydrogens is 406 g/mol. The summed E-state index contributed by atoms with van der Waals surface area (Å²) in [5.74, 6) is 2.90. The van der Waals surface area contributed by atoms with Crippen molar-refractivity contribution in [2.45, 2.75) is 39.7 Å². The lowest BCUT2D eigenvalue weighted by Gasteiger charge is -2.19. The zero-order valence-electron chi connectivity index (χ0n) is 19.3. The minimum Gasteiger partial charge on any atom is -0.366 e. The van der Waals surface area contributed by atoms with Crippen molar-refractivity contribution in [1.82, 2.24) is 19.9 Å². The van der Waals surface area contributed by atoms with E-state index in [1.165, 1.54) is 27.4 Å². The first kappa shape index (κ1) is 21.3. The summed E-state index contributed by atoms with van der Waals surface area (Å²) in [4.78, 5) is 15.9. The highest BCUT2D eigenvalue weighted by Gasteiger charge is 2.16. The Bertz CT molecular complexity index is 1350. The highest BCUT2D eigenvalue weighted by Crippen LogP contribution is 2.25. The topological polar surface area (TPSA) is 69.4 Å². The van der Waals surface area contributed by atoms with Crippen molar-refractivity contribution in [3.8, 4) is 0 Å². The SMILES string of the molecule is CC(Cc1nccc(NCc2ccc3[nH]ccc3c2)n1)[C@@H](C)CCc1c[nH]c2ccccc12. The number of anilines is 1. The first-order valence-electron chi connectivity index (χ1n) is 11.8. The zero-order valence-corrected chi connectivity index (χ0v) is 19.3. The maximum absolute atomic E-state index is 4.78. The quantitative estimate of drug-likeness (QED) is 0.246. The van der Waals surface area contributed by atoms with Crippen LogP contribution in [0.4, 0.5) is 5.82 Å². The summed E-state index contributed by atoms with van der Waals surface area (Å²) in [5, 5.41) is 6.03. The predicted octanol–water partition coefficient (Wildman–Crippen LogP) is 6.50. The molecule has 0 saturated heterocycles. The molecule has 5 aromatic rings. The Hall–Kier alpha value is -3.60. The molecule has 5 heteroatoms. The molecule has 0 radical (unpaired) electrons. The molecule has 0 fully saturated rings. The molecule has 0 saturated carbocycles. The van der Waals surface area contributed by atoms with Gasteiger partial charge in [0.25, 0.3) is 0 Å². The number of hydrogen-bond acceptors (Lipinski definition) is 3. The van der Waals surface area contributed by atoms with Gasteiger partial charge in [-0.05, 0) is 71.5 Å². The Kier molecular flexibility index (Phi) is 6.11. The van der Waals surface area contributed by atoms with Gasteiger partial charge in [0.2, 0.25) is 0 Å². The summed E-state index contributed by atoms with van der Waals surface area (Å²) in [6.07, 6.45) is 9.13. The Morgan fingerprint density at radius 2 is 1.85 bits per heavy atom. The van der Waals surface area contributed by atoms with Gasteiger partial charge in [0.05, 0.1) is 0 Å². The lowest BCUT2D eigenvalue weighted by molar-refractivity contribution is 0.357. The minimum atomic E-state index is 0.515. The normalized spacial score (nSPS) is 13.4. The molecule has 0 amide bonds. The van der Waals surface area contributed by atoms with Crippen LogP contribution in [0.2, 0.25) is 0 Å². The average molecular weight is 438 g/mol. The summed E-state index contributed by atoms with van der Waals surface area (Å²) in [6, 6.07) is 19.1. The number of rotatable bonds is 9. The molecule has 2 aromatic carbocycles. The lowest BCUT2D eigenvalue weighted by atomic mass is 9.87. The molecule has 3 N–H and O–H groups in total. The van der Waals surface area contributed by atoms with Crippen molar-refractivity contribution in [2.75, 3.05) is 5.32 Å². The molecule has 5 rings (SSSR count). The van der Waals surface area contributed by atoms with Crippen molar-refractivity contribution in [1.29, 1.82) is 0 Å². The van der Waals surface area contributed by atoms with Crippen molar-refractivity contribution in [2.24, 2.45) is 11.8 Å². The molecule has 0 bridgehead atoms. The first-order valence-corrected chi connectivity index (χ1v) is 11.8. The molecule has 5 nitrogen and oxygen atoms in total. The van der Waals surface area contributed by atoms with E-state index in [0.717, 1.165) is 43.0 Å². The summed E-state index contributed by atoms with van der Waals surface area (Å²) in [6.45, 7) is 5.41. The molecule has 2 atom stereocenters. The van der Waals surface area contributed by atoms with Crippen LogP contribution >= 0.6 is 0 Å². The second-order valence-electron chi connectivity index (χ2n) is 9.17. The average Bonchev–Trinajstić information content (AvgIpc) is 3.48. The summed E-state index contributed by atoms with van der Waals surface area (Å²) < 4.78 is 0. The van der Waals surface area contributed by atoms with Gasteiger partial charge in [-0.1, -0.05) is 38.1 Å². The number of H-pyrrole nitrogens is 2. The number of aromatic nitrogens is 4. The van der Waals surface area contributed by atoms with Crippen molar-refractivity contribution < 1.29 is 0 Å². The fourth-order valence-corrected chi connectivity index (χ4v) is 4.50. The van der Waals surface area contributed by atoms with Crippen LogP contribution in [0.1, 0.15) is 37.2 Å². The molecule has 0 aliphatic carbocycles. The first-order chi connectivity index (χ1) is 16.2. The van der Waals surface area contributed by atoms with E-state index >= 15 is 0 Å². The van der Waals surface area contributed by atoms with Crippen LogP contribution in [0, 0.1) is 11.8 Å². The van der Waals surface area contributed by atoms with Gasteiger partial charge >= 0.3 is 0 Å². The standard InChI is InChI=1S/C28H31N5/c1-19(7-9-23-18-31-26-6-4-3-5-24(23)26)20(2)15-28-30-14-12-27(33-28)32-17-21-8-10-25-22(16-21)11-13-29-25/h3-6,8,10-14,16,18-20,29,31H,7,9,15,17H2,1-2H3,(H,30,32,33)/t19-,20?/m0/s1. The van der Waals surface area contributed by atoms with Gasteiger partial charge in [0.1, 0.15) is 11.6 Å². The number of nitrogens with zero attached hydrogens (tertiary/aromatic N) is 2. The monoisotopic (exact) mass is 437 g/mol. The van der Waals surface area contributed by atoms with Gasteiger partial charge in [0, 0.05) is 48.0 Å². The fourth-order valence-electron chi connectivity index (χ4n) is 4.50. The largest absolute Gasteiger partial charge is 0.366 e. The summed E-state index contributed by atoms with van der Waals surface area (Å²) in [5.41, 5.74) is 5.03. The van der Waals surface area contributed by atoms with Gasteiger partial charge in [0.15, 0.2) is 0 Å². The van der Waals surface area contributed by atoms with Crippen molar-refractivity contribution >= 4 is 27.6 Å². The molecule has 0 aliphatic rings. The minimum absolute atomic E-state index is 0.515. The van der Waals surface area contributed by atoms with Gasteiger partial charge in [-0.3, -0.25) is 0 Å². The summed E-state index contributed by atoms with van der Waals surface area (Å²) in [7, 11) is 0. The second kappa shape index (κ2) is 9.49. The highest BCUT2D eigenvalue weighted by atomic mass is 15.0. The van der Waals surface area contributed by atoms with Gasteiger partial charge in [-0.2, -0.15) is 0 Å². The van der Waals surface area contributed by atoms with E-state index in [1.807, 2.05) is 18.5 Å². The van der Waals surface area contributed by atoms with Crippen molar-refractivity contribution in [3.05, 3.63) is 90.1 Å². The zero-order chi connectivity index (χ0) is 22.6. The molecule has 33 heavy (non-hydrogen) atoms. The molecule has 0 spiro atoms. The van der Waals surface area contributed by atoms with E-state index in [2.05, 4.69) is 88.8 Å². The van der Waals surface area contributed by atoms with Gasteiger partial charge in [-0.25, -0.2) is 9.97 Å². The van der Waals surface area contributed by atoms with Crippen LogP contribution in [-0.4, -0.2) is 19.9 Å². The molecule has 0 aliphatic heterocycles. The Balaban J connectivity index is 1.16. The van der Waals surface area contributed by atoms with E-state index in [0.29, 0.717) is 11.8 Å². The number of hydrogen-bond donors (Lipinski definition) is 3. The smallest absolute Gasteiger partial charge is 0.130 e. The maximum atomic E-state index is 4.78. The summed E-state index contributed by atoms with van der Waals surface area (Å²) >= 11 is 0. The third kappa shape index (κ3) is 4.92. The molecular formula is C28H31N5. The molecule has 3 heterocycles. The number of aryl methyl sites for hydroxylation is 1. The number of fused-ring (bicyclic) bond motifs is 2. The van der Waals surface area contributed by atoms with E-state index in [9.17, 15) is 0 Å². The highest BCUT2D eigenvalue weighted by molar-refractivity contribution is 5.83. The fraction of sp³-hybridized carbons (Fsp3) is 0.286. The third-order valence-corrected chi connectivity index (χ3v) is 6.82. The van der Waals surface area contributed by atoms with E-state index in [4.69, 9.17) is 4.98 Å². The van der Waals surface area contributed by atoms with Crippen LogP contribution in [0.25, 0.3) is 21.8 Å². The van der Waals surface area contributed by atoms with Crippen LogP contribution in [0.3, 0.4) is 0 Å². The predicted molar refractivity (Wildman–Crippen MR) is 136 cm³/mol. The van der Waals surface area contributed by atoms with E-state index in [1.54, 1.807) is 0 Å². The second-order valence-corrected chi connectivity index (χ2v) is 9.17. The number of nitrogens with one attached hydrogen (secondary N) is 3. The lowest BCUT2D eigenvalue weighted by Crippen LogP contribution is -2.14. The van der Waals surface area contributed by atoms with Crippen LogP contribution in [-0.2, 0) is 19.4 Å². The van der Waals surface area contributed by atoms with E-state index in [-0.39, 0.29) is 0 Å². The van der Waals surface area contributed by atoms with Gasteiger partial charge < -0.3 is 15.3 Å². The number of benzene rings is 2. The molecule has 1 unspecified atom stereocenters. The van der Waals surface area contributed by atoms with Crippen LogP contribution in [0.5, 0.6) is 0 Å². The molecule has 168 valence electrons. The Morgan fingerprint density at radius 3 is 2.79 bits per heavy atom. The van der Waals surface area contributed by atoms with E-state index < -0.39 is 0 Å².